The van der Waals surface area contributed by atoms with E-state index >= 15 is 0 Å². The second-order valence-corrected chi connectivity index (χ2v) is 6.31. The van der Waals surface area contributed by atoms with Gasteiger partial charge in [-0.1, -0.05) is 20.8 Å². The molecule has 0 aliphatic rings. The third-order valence-electron chi connectivity index (χ3n) is 2.51. The van der Waals surface area contributed by atoms with Crippen molar-refractivity contribution in [2.24, 2.45) is 11.1 Å². The monoisotopic (exact) mass is 231 g/mol. The smallest absolute Gasteiger partial charge is 0.340 e. The third kappa shape index (κ3) is 3.19. The first-order chi connectivity index (χ1) is 6.82. The summed E-state index contributed by atoms with van der Waals surface area (Å²) in [5, 5.41) is 10.5. The van der Waals surface area contributed by atoms with Gasteiger partial charge in [0, 0.05) is 11.5 Å². The number of rotatable bonds is 2. The van der Waals surface area contributed by atoms with Crippen LogP contribution in [0.5, 0.6) is 0 Å². The Morgan fingerprint density at radius 1 is 1.19 bits per heavy atom. The van der Waals surface area contributed by atoms with Crippen LogP contribution in [0, 0.1) is 5.41 Å². The molecule has 0 fully saturated rings. The highest BCUT2D eigenvalue weighted by Crippen LogP contribution is 2.34. The van der Waals surface area contributed by atoms with E-state index in [-0.39, 0.29) is 0 Å². The molecule has 0 aliphatic carbocycles. The Hall–Kier alpha value is -0.610. The Kier molecular flexibility index (Phi) is 4.17. The second-order valence-electron chi connectivity index (χ2n) is 6.31. The maximum absolute atomic E-state index is 12.0. The summed E-state index contributed by atoms with van der Waals surface area (Å²) in [6.45, 7) is 12.2. The molecule has 0 heterocycles. The lowest BCUT2D eigenvalue weighted by molar-refractivity contribution is -0.192. The number of carbonyl (C=O) groups is 1. The Morgan fingerprint density at radius 2 is 1.56 bits per heavy atom. The van der Waals surface area contributed by atoms with Gasteiger partial charge in [-0.3, -0.25) is 0 Å². The number of hydrogen-bond acceptors (Lipinski definition) is 4. The van der Waals surface area contributed by atoms with E-state index in [0.29, 0.717) is 0 Å². The molecular formula is C12H25NO3. The van der Waals surface area contributed by atoms with Crippen molar-refractivity contribution in [1.29, 1.82) is 0 Å². The largest absolute Gasteiger partial charge is 0.458 e. The summed E-state index contributed by atoms with van der Waals surface area (Å²) in [6.07, 6.45) is 0. The lowest BCUT2D eigenvalue weighted by atomic mass is 9.72. The van der Waals surface area contributed by atoms with E-state index in [2.05, 4.69) is 0 Å². The number of hydrogen-bond donors (Lipinski definition) is 2. The molecule has 0 aromatic rings. The lowest BCUT2D eigenvalue weighted by Crippen LogP contribution is -2.62. The van der Waals surface area contributed by atoms with Gasteiger partial charge in [-0.15, -0.1) is 0 Å². The van der Waals surface area contributed by atoms with Crippen molar-refractivity contribution in [3.8, 4) is 0 Å². The first-order valence-electron chi connectivity index (χ1n) is 5.54. The van der Waals surface area contributed by atoms with Crippen LogP contribution in [0.3, 0.4) is 0 Å². The molecule has 4 heteroatoms. The molecule has 96 valence electrons. The molecule has 0 aromatic carbocycles. The number of nitrogens with two attached hydrogens (primary N) is 1. The molecule has 4 nitrogen and oxygen atoms in total. The van der Waals surface area contributed by atoms with Crippen LogP contribution >= 0.6 is 0 Å². The van der Waals surface area contributed by atoms with Gasteiger partial charge in [0.05, 0.1) is 0 Å². The van der Waals surface area contributed by atoms with Crippen molar-refractivity contribution in [3.05, 3.63) is 0 Å². The standard InChI is InChI=1S/C12H25NO3/c1-8(13)12(15,10(2,3)4)9(14)16-11(5,6)7/h8,15H,13H2,1-7H3. The van der Waals surface area contributed by atoms with Crippen LogP contribution in [0.1, 0.15) is 48.5 Å². The van der Waals surface area contributed by atoms with Gasteiger partial charge >= 0.3 is 5.97 Å². The fourth-order valence-electron chi connectivity index (χ4n) is 1.53. The summed E-state index contributed by atoms with van der Waals surface area (Å²) in [5.74, 6) is -0.664. The Labute approximate surface area is 98.2 Å². The Balaban J connectivity index is 5.17. The molecule has 3 N–H and O–H groups in total. The van der Waals surface area contributed by atoms with Gasteiger partial charge in [0.1, 0.15) is 5.60 Å². The third-order valence-corrected chi connectivity index (χ3v) is 2.51. The predicted octanol–water partition coefficient (Wildman–Crippen LogP) is 1.45. The molecule has 2 atom stereocenters. The van der Waals surface area contributed by atoms with Crippen LogP contribution in [-0.2, 0) is 9.53 Å². The molecule has 0 bridgehead atoms. The first-order valence-corrected chi connectivity index (χ1v) is 5.54. The summed E-state index contributed by atoms with van der Waals surface area (Å²) in [6, 6.07) is -0.692. The molecule has 0 amide bonds. The highest BCUT2D eigenvalue weighted by Gasteiger charge is 2.52. The van der Waals surface area contributed by atoms with Crippen molar-refractivity contribution in [3.63, 3.8) is 0 Å². The van der Waals surface area contributed by atoms with E-state index < -0.39 is 28.6 Å². The maximum Gasteiger partial charge on any atom is 0.340 e. The van der Waals surface area contributed by atoms with Crippen molar-refractivity contribution < 1.29 is 14.6 Å². The Morgan fingerprint density at radius 3 is 1.75 bits per heavy atom. The maximum atomic E-state index is 12.0. The zero-order valence-electron chi connectivity index (χ0n) is 11.4. The quantitative estimate of drug-likeness (QED) is 0.706. The number of ether oxygens (including phenoxy) is 1. The second kappa shape index (κ2) is 4.34. The molecular weight excluding hydrogens is 206 g/mol. The van der Waals surface area contributed by atoms with Gasteiger partial charge in [-0.2, -0.15) is 0 Å². The van der Waals surface area contributed by atoms with Crippen molar-refractivity contribution in [2.45, 2.75) is 65.7 Å². The van der Waals surface area contributed by atoms with Crippen LogP contribution in [0.15, 0.2) is 0 Å². The molecule has 0 rings (SSSR count). The molecule has 0 aliphatic heterocycles. The minimum absolute atomic E-state index is 0.634. The van der Waals surface area contributed by atoms with Crippen molar-refractivity contribution in [1.82, 2.24) is 0 Å². The zero-order chi connectivity index (χ0) is 13.4. The van der Waals surface area contributed by atoms with Gasteiger partial charge in [-0.05, 0) is 27.7 Å². The van der Waals surface area contributed by atoms with Gasteiger partial charge in [0.15, 0.2) is 5.60 Å². The number of aliphatic hydroxyl groups is 1. The van der Waals surface area contributed by atoms with Gasteiger partial charge in [0.25, 0.3) is 0 Å². The minimum Gasteiger partial charge on any atom is -0.458 e. The van der Waals surface area contributed by atoms with E-state index in [1.807, 2.05) is 0 Å². The topological polar surface area (TPSA) is 72.5 Å². The molecule has 0 saturated carbocycles. The SMILES string of the molecule is CC(N)C(O)(C(=O)OC(C)(C)C)C(C)(C)C. The summed E-state index contributed by atoms with van der Waals surface area (Å²) in [5.41, 5.74) is 2.73. The van der Waals surface area contributed by atoms with Crippen molar-refractivity contribution in [2.75, 3.05) is 0 Å². The average molecular weight is 231 g/mol. The van der Waals surface area contributed by atoms with Crippen LogP contribution in [0.4, 0.5) is 0 Å². The van der Waals surface area contributed by atoms with E-state index in [0.717, 1.165) is 0 Å². The molecule has 0 aromatic heterocycles. The number of esters is 1. The van der Waals surface area contributed by atoms with E-state index in [4.69, 9.17) is 10.5 Å². The fourth-order valence-corrected chi connectivity index (χ4v) is 1.53. The highest BCUT2D eigenvalue weighted by atomic mass is 16.6. The van der Waals surface area contributed by atoms with Crippen LogP contribution in [-0.4, -0.2) is 28.3 Å². The first kappa shape index (κ1) is 15.4. The van der Waals surface area contributed by atoms with Gasteiger partial charge < -0.3 is 15.6 Å². The van der Waals surface area contributed by atoms with Crippen LogP contribution < -0.4 is 5.73 Å². The molecule has 0 saturated heterocycles. The lowest BCUT2D eigenvalue weighted by Gasteiger charge is -2.42. The van der Waals surface area contributed by atoms with Crippen molar-refractivity contribution >= 4 is 5.97 Å². The molecule has 16 heavy (non-hydrogen) atoms. The van der Waals surface area contributed by atoms with E-state index in [1.54, 1.807) is 48.5 Å². The summed E-state index contributed by atoms with van der Waals surface area (Å²) >= 11 is 0. The normalized spacial score (nSPS) is 18.8. The summed E-state index contributed by atoms with van der Waals surface area (Å²) in [7, 11) is 0. The molecule has 2 unspecified atom stereocenters. The highest BCUT2D eigenvalue weighted by molar-refractivity contribution is 5.81. The van der Waals surface area contributed by atoms with Gasteiger partial charge in [0.2, 0.25) is 0 Å². The van der Waals surface area contributed by atoms with E-state index in [9.17, 15) is 9.90 Å². The average Bonchev–Trinajstić information content (AvgIpc) is 1.96. The number of carbonyl (C=O) groups excluding carboxylic acids is 1. The predicted molar refractivity (Wildman–Crippen MR) is 63.9 cm³/mol. The van der Waals surface area contributed by atoms with Crippen LogP contribution in [0.2, 0.25) is 0 Å². The minimum atomic E-state index is -1.68. The summed E-state index contributed by atoms with van der Waals surface area (Å²) < 4.78 is 5.22. The Bertz CT molecular complexity index is 260. The molecule has 0 radical (unpaired) electrons. The summed E-state index contributed by atoms with van der Waals surface area (Å²) in [4.78, 5) is 12.0. The van der Waals surface area contributed by atoms with Crippen LogP contribution in [0.25, 0.3) is 0 Å². The van der Waals surface area contributed by atoms with E-state index in [1.165, 1.54) is 0 Å². The fraction of sp³-hybridized carbons (Fsp3) is 0.917. The molecule has 0 spiro atoms. The zero-order valence-corrected chi connectivity index (χ0v) is 11.4. The van der Waals surface area contributed by atoms with Gasteiger partial charge in [-0.25, -0.2) is 4.79 Å².